The Balaban J connectivity index is 1.17. The Kier molecular flexibility index (Phi) is 8.96. The topological polar surface area (TPSA) is 0 Å². The number of fused-ring (bicyclic) bond motifs is 2. The maximum absolute atomic E-state index is 2.98. The zero-order chi connectivity index (χ0) is 27.4. The molecule has 0 radical (unpaired) electrons. The summed E-state index contributed by atoms with van der Waals surface area (Å²) in [6, 6.07) is 0. The Bertz CT molecular complexity index is 804. The van der Waals surface area contributed by atoms with E-state index in [1.807, 2.05) is 0 Å². The summed E-state index contributed by atoms with van der Waals surface area (Å²) in [4.78, 5) is 0. The second kappa shape index (κ2) is 11.8. The van der Waals surface area contributed by atoms with Crippen molar-refractivity contribution < 1.29 is 0 Å². The summed E-state index contributed by atoms with van der Waals surface area (Å²) in [7, 11) is -2.59. The van der Waals surface area contributed by atoms with Crippen LogP contribution in [0.2, 0.25) is 37.3 Å². The molecule has 6 aliphatic carbocycles. The first-order chi connectivity index (χ1) is 18.7. The van der Waals surface area contributed by atoms with E-state index in [0.717, 1.165) is 70.3 Å². The van der Waals surface area contributed by atoms with Crippen LogP contribution in [0.25, 0.3) is 0 Å². The van der Waals surface area contributed by atoms with Crippen LogP contribution in [-0.4, -0.2) is 15.2 Å². The van der Waals surface area contributed by atoms with Gasteiger partial charge in [0.25, 0.3) is 0 Å². The highest BCUT2D eigenvalue weighted by Gasteiger charge is 2.62. The lowest BCUT2D eigenvalue weighted by Crippen LogP contribution is -2.62. The average molecular weight is 569 g/mol. The van der Waals surface area contributed by atoms with Crippen LogP contribution in [0.4, 0.5) is 0 Å². The number of hydrogen-bond donors (Lipinski definition) is 0. The van der Waals surface area contributed by atoms with Gasteiger partial charge in [0.1, 0.15) is 0 Å². The van der Waals surface area contributed by atoms with E-state index in [2.05, 4.69) is 40.0 Å². The summed E-state index contributed by atoms with van der Waals surface area (Å²) in [5.41, 5.74) is 2.29. The number of rotatable bonds is 7. The predicted octanol–water partition coefficient (Wildman–Crippen LogP) is 11.9. The second-order valence-corrected chi connectivity index (χ2v) is 34.2. The summed E-state index contributed by atoms with van der Waals surface area (Å²) < 4.78 is 0. The first kappa shape index (κ1) is 29.5. The Hall–Kier alpha value is 0.434. The Morgan fingerprint density at radius 3 is 1.97 bits per heavy atom. The normalized spacial score (nSPS) is 43.4. The van der Waals surface area contributed by atoms with Crippen LogP contribution in [0.15, 0.2) is 0 Å². The van der Waals surface area contributed by atoms with Gasteiger partial charge in [-0.15, -0.1) is 0 Å². The van der Waals surface area contributed by atoms with E-state index in [9.17, 15) is 0 Å². The van der Waals surface area contributed by atoms with Gasteiger partial charge in [-0.25, -0.2) is 0 Å². The molecule has 0 heterocycles. The summed E-state index contributed by atoms with van der Waals surface area (Å²) in [5, 5.41) is 0. The van der Waals surface area contributed by atoms with Crippen LogP contribution in [0, 0.1) is 59.2 Å². The van der Waals surface area contributed by atoms with Crippen molar-refractivity contribution in [2.24, 2.45) is 59.2 Å². The van der Waals surface area contributed by atoms with Gasteiger partial charge in [0.05, 0.1) is 0 Å². The zero-order valence-electron chi connectivity index (χ0n) is 27.4. The van der Waals surface area contributed by atoms with E-state index >= 15 is 0 Å². The molecule has 6 fully saturated rings. The molecule has 6 rings (SSSR count). The zero-order valence-corrected chi connectivity index (χ0v) is 29.4. The standard InChI is InChI=1S/C37H68Si2/c1-26(29-14-9-7-10-15-29)22-28-20-21-32(24-28)38(3,4)39(5,6)37-27(2)23-34-35(37)25-31-18-13-19-33(31)36(34)30-16-11-8-12-17-30/h26-37H,7-25H2,1-6H3. The van der Waals surface area contributed by atoms with Gasteiger partial charge in [-0.05, 0) is 95.9 Å². The summed E-state index contributed by atoms with van der Waals surface area (Å²) >= 11 is 0. The lowest BCUT2D eigenvalue weighted by atomic mass is 9.58. The molecular formula is C37H68Si2. The van der Waals surface area contributed by atoms with Crippen molar-refractivity contribution in [2.45, 2.75) is 173 Å². The van der Waals surface area contributed by atoms with Crippen molar-refractivity contribution in [2.75, 3.05) is 0 Å². The van der Waals surface area contributed by atoms with Crippen LogP contribution in [0.5, 0.6) is 0 Å². The Morgan fingerprint density at radius 1 is 0.590 bits per heavy atom. The molecule has 0 bridgehead atoms. The molecule has 0 aromatic heterocycles. The van der Waals surface area contributed by atoms with Crippen molar-refractivity contribution in [3.63, 3.8) is 0 Å². The summed E-state index contributed by atoms with van der Waals surface area (Å²) in [6.07, 6.45) is 30.0. The molecule has 0 aromatic carbocycles. The van der Waals surface area contributed by atoms with E-state index in [1.54, 1.807) is 96.3 Å². The minimum absolute atomic E-state index is 0.998. The summed E-state index contributed by atoms with van der Waals surface area (Å²) in [5.74, 6) is 10.9. The van der Waals surface area contributed by atoms with Crippen LogP contribution < -0.4 is 0 Å². The van der Waals surface area contributed by atoms with Gasteiger partial charge in [0, 0.05) is 15.2 Å². The Labute approximate surface area is 246 Å². The van der Waals surface area contributed by atoms with Crippen molar-refractivity contribution in [1.82, 2.24) is 0 Å². The molecule has 0 aromatic rings. The van der Waals surface area contributed by atoms with Gasteiger partial charge in [-0.3, -0.25) is 0 Å². The van der Waals surface area contributed by atoms with E-state index in [4.69, 9.17) is 0 Å². The second-order valence-electron chi connectivity index (χ2n) is 18.1. The van der Waals surface area contributed by atoms with Crippen LogP contribution >= 0.6 is 0 Å². The average Bonchev–Trinajstić information content (AvgIpc) is 3.66. The van der Waals surface area contributed by atoms with E-state index in [1.165, 1.54) is 25.7 Å². The smallest absolute Gasteiger partial charge is 0.0451 e. The fourth-order valence-corrected chi connectivity index (χ4v) is 28.3. The highest BCUT2D eigenvalue weighted by atomic mass is 29.3. The fourth-order valence-electron chi connectivity index (χ4n) is 13.5. The molecule has 0 aliphatic heterocycles. The molecule has 0 saturated heterocycles. The molecule has 6 aliphatic rings. The third-order valence-electron chi connectivity index (χ3n) is 16.0. The molecule has 10 unspecified atom stereocenters. The molecular weight excluding hydrogens is 501 g/mol. The van der Waals surface area contributed by atoms with E-state index in [0.29, 0.717) is 0 Å². The molecule has 10 atom stereocenters. The van der Waals surface area contributed by atoms with Gasteiger partial charge in [-0.2, -0.15) is 0 Å². The van der Waals surface area contributed by atoms with Gasteiger partial charge >= 0.3 is 0 Å². The molecule has 0 nitrogen and oxygen atoms in total. The number of hydrogen-bond acceptors (Lipinski definition) is 0. The first-order valence-corrected chi connectivity index (χ1v) is 25.8. The molecule has 224 valence electrons. The predicted molar refractivity (Wildman–Crippen MR) is 176 cm³/mol. The van der Waals surface area contributed by atoms with Gasteiger partial charge in [0.15, 0.2) is 0 Å². The molecule has 0 spiro atoms. The van der Waals surface area contributed by atoms with Crippen molar-refractivity contribution in [1.29, 1.82) is 0 Å². The summed E-state index contributed by atoms with van der Waals surface area (Å²) in [6.45, 7) is 17.3. The van der Waals surface area contributed by atoms with Gasteiger partial charge in [0.2, 0.25) is 0 Å². The van der Waals surface area contributed by atoms with Crippen molar-refractivity contribution in [3.05, 3.63) is 0 Å². The maximum atomic E-state index is 2.98. The van der Waals surface area contributed by atoms with E-state index in [-0.39, 0.29) is 0 Å². The largest absolute Gasteiger partial charge is 0.0711 e. The molecule has 0 amide bonds. The first-order valence-electron chi connectivity index (χ1n) is 18.7. The van der Waals surface area contributed by atoms with Gasteiger partial charge < -0.3 is 0 Å². The fraction of sp³-hybridized carbons (Fsp3) is 1.00. The third-order valence-corrected chi connectivity index (χ3v) is 36.7. The molecule has 6 saturated carbocycles. The lowest BCUT2D eigenvalue weighted by Gasteiger charge is -2.53. The maximum Gasteiger partial charge on any atom is 0.0451 e. The minimum Gasteiger partial charge on any atom is -0.0711 e. The Morgan fingerprint density at radius 2 is 1.26 bits per heavy atom. The van der Waals surface area contributed by atoms with Crippen LogP contribution in [0.3, 0.4) is 0 Å². The lowest BCUT2D eigenvalue weighted by molar-refractivity contribution is 0.0160. The quantitative estimate of drug-likeness (QED) is 0.268. The molecule has 2 heteroatoms. The monoisotopic (exact) mass is 568 g/mol. The third kappa shape index (κ3) is 5.49. The molecule has 39 heavy (non-hydrogen) atoms. The highest BCUT2D eigenvalue weighted by molar-refractivity contribution is 7.41. The van der Waals surface area contributed by atoms with E-state index < -0.39 is 15.2 Å². The minimum atomic E-state index is -1.32. The van der Waals surface area contributed by atoms with Crippen LogP contribution in [-0.2, 0) is 0 Å². The van der Waals surface area contributed by atoms with Crippen molar-refractivity contribution >= 4 is 15.2 Å². The van der Waals surface area contributed by atoms with Gasteiger partial charge in [-0.1, -0.05) is 136 Å². The molecule has 0 N–H and O–H groups in total. The van der Waals surface area contributed by atoms with Crippen LogP contribution in [0.1, 0.15) is 136 Å². The van der Waals surface area contributed by atoms with Crippen molar-refractivity contribution in [3.8, 4) is 0 Å². The SMILES string of the molecule is CC(CC1CCC([Si](C)(C)[Si](C)(C)C2C(C)CC3C2CC2CCCC2C3C2CCCCC2)C1)C1CCCCC1. The highest BCUT2D eigenvalue weighted by Crippen LogP contribution is 2.66.